The lowest BCUT2D eigenvalue weighted by Crippen LogP contribution is -2.20. The van der Waals surface area contributed by atoms with Crippen LogP contribution in [-0.4, -0.2) is 9.97 Å². The molecule has 3 nitrogen and oxygen atoms in total. The molecule has 1 aliphatic carbocycles. The summed E-state index contributed by atoms with van der Waals surface area (Å²) in [5, 5.41) is 1.07. The summed E-state index contributed by atoms with van der Waals surface area (Å²) >= 11 is 0. The zero-order valence-corrected chi connectivity index (χ0v) is 7.77. The van der Waals surface area contributed by atoms with E-state index < -0.39 is 0 Å². The fourth-order valence-corrected chi connectivity index (χ4v) is 1.63. The molecule has 3 heteroatoms. The lowest BCUT2D eigenvalue weighted by Gasteiger charge is -2.08. The van der Waals surface area contributed by atoms with E-state index in [1.54, 1.807) is 6.20 Å². The SMILES string of the molecule is NC1(c2ccc3cnccc3n2)CC1. The Morgan fingerprint density at radius 3 is 2.86 bits per heavy atom. The van der Waals surface area contributed by atoms with Gasteiger partial charge in [0.15, 0.2) is 0 Å². The van der Waals surface area contributed by atoms with E-state index in [9.17, 15) is 0 Å². The van der Waals surface area contributed by atoms with Gasteiger partial charge in [-0.2, -0.15) is 0 Å². The van der Waals surface area contributed by atoms with Gasteiger partial charge in [0.1, 0.15) is 0 Å². The second kappa shape index (κ2) is 2.51. The van der Waals surface area contributed by atoms with Gasteiger partial charge in [-0.3, -0.25) is 9.97 Å². The van der Waals surface area contributed by atoms with Gasteiger partial charge >= 0.3 is 0 Å². The molecule has 1 aliphatic rings. The van der Waals surface area contributed by atoms with E-state index in [0.717, 1.165) is 29.4 Å². The van der Waals surface area contributed by atoms with Gasteiger partial charge in [-0.15, -0.1) is 0 Å². The Morgan fingerprint density at radius 1 is 1.21 bits per heavy atom. The maximum Gasteiger partial charge on any atom is 0.0736 e. The number of hydrogen-bond donors (Lipinski definition) is 1. The highest BCUT2D eigenvalue weighted by molar-refractivity contribution is 5.77. The minimum Gasteiger partial charge on any atom is -0.320 e. The van der Waals surface area contributed by atoms with Crippen molar-refractivity contribution in [2.45, 2.75) is 18.4 Å². The number of rotatable bonds is 1. The van der Waals surface area contributed by atoms with Crippen LogP contribution in [-0.2, 0) is 5.54 Å². The highest BCUT2D eigenvalue weighted by Gasteiger charge is 2.41. The third-order valence-corrected chi connectivity index (χ3v) is 2.79. The van der Waals surface area contributed by atoms with E-state index in [1.165, 1.54) is 0 Å². The van der Waals surface area contributed by atoms with Gasteiger partial charge in [0.25, 0.3) is 0 Å². The lowest BCUT2D eigenvalue weighted by atomic mass is 10.1. The Kier molecular flexibility index (Phi) is 1.42. The van der Waals surface area contributed by atoms with Gasteiger partial charge < -0.3 is 5.73 Å². The predicted octanol–water partition coefficient (Wildman–Crippen LogP) is 1.58. The summed E-state index contributed by atoms with van der Waals surface area (Å²) in [6.45, 7) is 0. The van der Waals surface area contributed by atoms with Gasteiger partial charge in [0.05, 0.1) is 16.7 Å². The van der Waals surface area contributed by atoms with Gasteiger partial charge in [0, 0.05) is 17.8 Å². The first-order chi connectivity index (χ1) is 6.78. The van der Waals surface area contributed by atoms with Gasteiger partial charge in [-0.1, -0.05) is 0 Å². The molecule has 0 amide bonds. The summed E-state index contributed by atoms with van der Waals surface area (Å²) in [4.78, 5) is 8.59. The summed E-state index contributed by atoms with van der Waals surface area (Å²) < 4.78 is 0. The minimum atomic E-state index is -0.141. The Hall–Kier alpha value is -1.48. The average molecular weight is 185 g/mol. The van der Waals surface area contributed by atoms with Crippen LogP contribution in [0.5, 0.6) is 0 Å². The second-order valence-electron chi connectivity index (χ2n) is 3.92. The number of fused-ring (bicyclic) bond motifs is 1. The van der Waals surface area contributed by atoms with E-state index in [0.29, 0.717) is 0 Å². The number of aromatic nitrogens is 2. The maximum absolute atomic E-state index is 6.08. The van der Waals surface area contributed by atoms with Crippen LogP contribution < -0.4 is 5.73 Å². The number of nitrogens with zero attached hydrogens (tertiary/aromatic N) is 2. The second-order valence-corrected chi connectivity index (χ2v) is 3.92. The normalized spacial score (nSPS) is 18.4. The van der Waals surface area contributed by atoms with Crippen molar-refractivity contribution in [2.24, 2.45) is 5.73 Å². The van der Waals surface area contributed by atoms with Gasteiger partial charge in [-0.05, 0) is 31.0 Å². The molecule has 0 radical (unpaired) electrons. The number of pyridine rings is 2. The molecule has 1 saturated carbocycles. The van der Waals surface area contributed by atoms with Crippen molar-refractivity contribution in [1.29, 1.82) is 0 Å². The molecule has 3 rings (SSSR count). The summed E-state index contributed by atoms with van der Waals surface area (Å²) in [6.07, 6.45) is 5.69. The quantitative estimate of drug-likeness (QED) is 0.733. The zero-order valence-electron chi connectivity index (χ0n) is 7.77. The first-order valence-corrected chi connectivity index (χ1v) is 4.78. The van der Waals surface area contributed by atoms with E-state index in [1.807, 2.05) is 24.4 Å². The summed E-state index contributed by atoms with van der Waals surface area (Å²) in [5.74, 6) is 0. The van der Waals surface area contributed by atoms with Crippen molar-refractivity contribution in [2.75, 3.05) is 0 Å². The molecular weight excluding hydrogens is 174 g/mol. The van der Waals surface area contributed by atoms with Gasteiger partial charge in [0.2, 0.25) is 0 Å². The molecule has 0 aromatic carbocycles. The number of hydrogen-bond acceptors (Lipinski definition) is 3. The van der Waals surface area contributed by atoms with Crippen LogP contribution in [0.3, 0.4) is 0 Å². The third kappa shape index (κ3) is 1.09. The molecule has 0 unspecified atom stereocenters. The fraction of sp³-hybridized carbons (Fsp3) is 0.273. The van der Waals surface area contributed by atoms with E-state index >= 15 is 0 Å². The molecule has 2 heterocycles. The molecule has 14 heavy (non-hydrogen) atoms. The summed E-state index contributed by atoms with van der Waals surface area (Å²) in [5.41, 5.74) is 7.93. The Balaban J connectivity index is 2.20. The molecule has 0 saturated heterocycles. The van der Waals surface area contributed by atoms with E-state index in [2.05, 4.69) is 9.97 Å². The average Bonchev–Trinajstić information content (AvgIpc) is 2.97. The summed E-state index contributed by atoms with van der Waals surface area (Å²) in [7, 11) is 0. The van der Waals surface area contributed by atoms with E-state index in [4.69, 9.17) is 5.73 Å². The van der Waals surface area contributed by atoms with Crippen LogP contribution in [0.25, 0.3) is 10.9 Å². The topological polar surface area (TPSA) is 51.8 Å². The molecule has 2 N–H and O–H groups in total. The van der Waals surface area contributed by atoms with Crippen LogP contribution in [0.2, 0.25) is 0 Å². The smallest absolute Gasteiger partial charge is 0.0736 e. The first kappa shape index (κ1) is 7.88. The molecule has 2 aromatic rings. The number of nitrogens with two attached hydrogens (primary N) is 1. The van der Waals surface area contributed by atoms with Crippen LogP contribution in [0.1, 0.15) is 18.5 Å². The van der Waals surface area contributed by atoms with E-state index in [-0.39, 0.29) is 5.54 Å². The minimum absolute atomic E-state index is 0.141. The van der Waals surface area contributed by atoms with Crippen LogP contribution in [0, 0.1) is 0 Å². The Bertz CT molecular complexity index is 489. The fourth-order valence-electron chi connectivity index (χ4n) is 1.63. The molecule has 2 aromatic heterocycles. The van der Waals surface area contributed by atoms with Crippen molar-refractivity contribution >= 4 is 10.9 Å². The zero-order chi connectivity index (χ0) is 9.60. The third-order valence-electron chi connectivity index (χ3n) is 2.79. The summed E-state index contributed by atoms with van der Waals surface area (Å²) in [6, 6.07) is 5.97. The van der Waals surface area contributed by atoms with Crippen molar-refractivity contribution in [3.05, 3.63) is 36.3 Å². The van der Waals surface area contributed by atoms with Crippen LogP contribution in [0.15, 0.2) is 30.6 Å². The van der Waals surface area contributed by atoms with Crippen LogP contribution in [0.4, 0.5) is 0 Å². The van der Waals surface area contributed by atoms with Gasteiger partial charge in [-0.25, -0.2) is 0 Å². The van der Waals surface area contributed by atoms with Crippen molar-refractivity contribution in [3.63, 3.8) is 0 Å². The maximum atomic E-state index is 6.08. The van der Waals surface area contributed by atoms with Crippen molar-refractivity contribution in [3.8, 4) is 0 Å². The largest absolute Gasteiger partial charge is 0.320 e. The Morgan fingerprint density at radius 2 is 2.07 bits per heavy atom. The Labute approximate surface area is 82.0 Å². The monoisotopic (exact) mass is 185 g/mol. The highest BCUT2D eigenvalue weighted by Crippen LogP contribution is 2.41. The molecule has 0 atom stereocenters. The molecule has 1 fully saturated rings. The van der Waals surface area contributed by atoms with Crippen LogP contribution >= 0.6 is 0 Å². The molecule has 0 aliphatic heterocycles. The molecule has 70 valence electrons. The standard InChI is InChI=1S/C11H11N3/c12-11(4-5-11)10-2-1-8-7-13-6-3-9(8)14-10/h1-3,6-7H,4-5,12H2. The molecule has 0 spiro atoms. The van der Waals surface area contributed by atoms with Crippen molar-refractivity contribution in [1.82, 2.24) is 9.97 Å². The molecular formula is C11H11N3. The lowest BCUT2D eigenvalue weighted by molar-refractivity contribution is 0.712. The highest BCUT2D eigenvalue weighted by atomic mass is 14.9. The molecule has 0 bridgehead atoms. The van der Waals surface area contributed by atoms with Crippen molar-refractivity contribution < 1.29 is 0 Å². The first-order valence-electron chi connectivity index (χ1n) is 4.78. The predicted molar refractivity (Wildman–Crippen MR) is 54.6 cm³/mol.